The van der Waals surface area contributed by atoms with E-state index in [1.54, 1.807) is 0 Å². The number of nitrogens with zero attached hydrogens (tertiary/aromatic N) is 4. The molecule has 0 saturated carbocycles. The zero-order chi connectivity index (χ0) is 35.6. The summed E-state index contributed by atoms with van der Waals surface area (Å²) in [6.07, 6.45) is 0. The Morgan fingerprint density at radius 2 is 0.963 bits per heavy atom. The summed E-state index contributed by atoms with van der Waals surface area (Å²) in [6.45, 7) is 0. The van der Waals surface area contributed by atoms with Crippen LogP contribution < -0.4 is 0 Å². The predicted molar refractivity (Wildman–Crippen MR) is 217 cm³/mol. The number of hydrogen-bond donors (Lipinski definition) is 0. The molecule has 8 aromatic carbocycles. The summed E-state index contributed by atoms with van der Waals surface area (Å²) in [4.78, 5) is 20.5. The molecule has 6 heteroatoms. The number of furan rings is 1. The average Bonchev–Trinajstić information content (AvgIpc) is 3.86. The first-order valence-electron chi connectivity index (χ1n) is 17.9. The quantitative estimate of drug-likeness (QED) is 0.179. The summed E-state index contributed by atoms with van der Waals surface area (Å²) >= 11 is 0. The Bertz CT molecular complexity index is 3220. The van der Waals surface area contributed by atoms with Crippen molar-refractivity contribution in [1.82, 2.24) is 19.9 Å². The van der Waals surface area contributed by atoms with E-state index in [1.165, 1.54) is 0 Å². The zero-order valence-electron chi connectivity index (χ0n) is 28.8. The molecule has 0 N–H and O–H groups in total. The van der Waals surface area contributed by atoms with Gasteiger partial charge in [0.25, 0.3) is 0 Å². The molecule has 0 bridgehead atoms. The lowest BCUT2D eigenvalue weighted by Crippen LogP contribution is -2.01. The molecule has 3 aromatic heterocycles. The van der Waals surface area contributed by atoms with Crippen molar-refractivity contribution < 1.29 is 8.83 Å². The molecule has 252 valence electrons. The monoisotopic (exact) mass is 692 g/mol. The molecule has 0 radical (unpaired) electrons. The summed E-state index contributed by atoms with van der Waals surface area (Å²) in [5.41, 5.74) is 8.72. The fourth-order valence-corrected chi connectivity index (χ4v) is 7.55. The molecule has 0 fully saturated rings. The molecule has 0 aliphatic heterocycles. The highest BCUT2D eigenvalue weighted by Gasteiger charge is 2.22. The number of hydrogen-bond acceptors (Lipinski definition) is 6. The van der Waals surface area contributed by atoms with Crippen molar-refractivity contribution in [1.29, 1.82) is 0 Å². The van der Waals surface area contributed by atoms with Crippen LogP contribution in [-0.2, 0) is 0 Å². The Labute approximate surface area is 309 Å². The van der Waals surface area contributed by atoms with Gasteiger partial charge in [-0.3, -0.25) is 0 Å². The fourth-order valence-electron chi connectivity index (χ4n) is 7.55. The van der Waals surface area contributed by atoms with Crippen LogP contribution in [0.25, 0.3) is 111 Å². The van der Waals surface area contributed by atoms with Gasteiger partial charge >= 0.3 is 0 Å². The van der Waals surface area contributed by atoms with Gasteiger partial charge in [-0.25, -0.2) is 19.9 Å². The minimum absolute atomic E-state index is 0.560. The highest BCUT2D eigenvalue weighted by atomic mass is 16.4. The lowest BCUT2D eigenvalue weighted by atomic mass is 9.98. The SMILES string of the molecule is c1ccc(-c2cccc(-c3nc(-c4ccc5ccccc5c4)nc(-c4cc5oc6ccc7oc(-c8ccccc8)nc7c6c5c5ccccc45)n3)c2)cc1. The molecule has 0 atom stereocenters. The predicted octanol–water partition coefficient (Wildman–Crippen LogP) is 12.6. The smallest absolute Gasteiger partial charge is 0.227 e. The number of aromatic nitrogens is 4. The summed E-state index contributed by atoms with van der Waals surface area (Å²) in [5.74, 6) is 2.32. The fraction of sp³-hybridized carbons (Fsp3) is 0. The topological polar surface area (TPSA) is 77.8 Å². The van der Waals surface area contributed by atoms with Gasteiger partial charge in [0.15, 0.2) is 23.1 Å². The largest absolute Gasteiger partial charge is 0.456 e. The van der Waals surface area contributed by atoms with Crippen LogP contribution in [0.3, 0.4) is 0 Å². The van der Waals surface area contributed by atoms with E-state index in [1.807, 2.05) is 48.5 Å². The van der Waals surface area contributed by atoms with Crippen LogP contribution in [0.4, 0.5) is 0 Å². The van der Waals surface area contributed by atoms with Crippen LogP contribution in [0, 0.1) is 0 Å². The van der Waals surface area contributed by atoms with Gasteiger partial charge < -0.3 is 8.83 Å². The van der Waals surface area contributed by atoms with Gasteiger partial charge in [0, 0.05) is 27.6 Å². The second kappa shape index (κ2) is 12.1. The third kappa shape index (κ3) is 4.96. The maximum atomic E-state index is 6.64. The van der Waals surface area contributed by atoms with E-state index in [-0.39, 0.29) is 0 Å². The van der Waals surface area contributed by atoms with Crippen LogP contribution in [-0.4, -0.2) is 19.9 Å². The van der Waals surface area contributed by atoms with E-state index in [0.29, 0.717) is 28.9 Å². The van der Waals surface area contributed by atoms with Crippen LogP contribution >= 0.6 is 0 Å². The molecule has 0 spiro atoms. The lowest BCUT2D eigenvalue weighted by molar-refractivity contribution is 0.619. The standard InChI is InChI=1S/C48H28N4O2/c1-3-12-29(13-4-1)33-18-11-19-34(26-33)45-50-46(35-23-22-30-14-7-8-17-32(30)27-35)52-47(51-45)38-28-41-42(37-21-10-9-20-36(37)38)43-39(53-41)24-25-40-44(43)49-48(54-40)31-15-5-2-6-16-31/h1-28H. The van der Waals surface area contributed by atoms with Crippen molar-refractivity contribution in [2.24, 2.45) is 0 Å². The van der Waals surface area contributed by atoms with E-state index in [0.717, 1.165) is 82.4 Å². The van der Waals surface area contributed by atoms with E-state index in [2.05, 4.69) is 121 Å². The Kier molecular flexibility index (Phi) is 6.75. The Hall–Kier alpha value is -7.44. The Balaban J connectivity index is 1.15. The highest BCUT2D eigenvalue weighted by molar-refractivity contribution is 6.27. The number of benzene rings is 8. The summed E-state index contributed by atoms with van der Waals surface area (Å²) in [7, 11) is 0. The minimum Gasteiger partial charge on any atom is -0.456 e. The van der Waals surface area contributed by atoms with Crippen molar-refractivity contribution >= 4 is 54.6 Å². The normalized spacial score (nSPS) is 11.7. The van der Waals surface area contributed by atoms with Gasteiger partial charge in [-0.15, -0.1) is 0 Å². The molecule has 6 nitrogen and oxygen atoms in total. The lowest BCUT2D eigenvalue weighted by Gasteiger charge is -2.12. The summed E-state index contributed by atoms with van der Waals surface area (Å²) < 4.78 is 12.9. The summed E-state index contributed by atoms with van der Waals surface area (Å²) in [6, 6.07) is 57.7. The molecule has 0 saturated heterocycles. The van der Waals surface area contributed by atoms with Crippen LogP contribution in [0.5, 0.6) is 0 Å². The third-order valence-corrected chi connectivity index (χ3v) is 10.1. The Morgan fingerprint density at radius 3 is 1.78 bits per heavy atom. The summed E-state index contributed by atoms with van der Waals surface area (Å²) in [5, 5.41) is 6.18. The van der Waals surface area contributed by atoms with E-state index >= 15 is 0 Å². The van der Waals surface area contributed by atoms with E-state index < -0.39 is 0 Å². The molecule has 0 amide bonds. The van der Waals surface area contributed by atoms with Gasteiger partial charge in [-0.1, -0.05) is 127 Å². The number of oxazole rings is 1. The number of fused-ring (bicyclic) bond motifs is 8. The van der Waals surface area contributed by atoms with Crippen LogP contribution in [0.2, 0.25) is 0 Å². The molecule has 11 rings (SSSR count). The molecular weight excluding hydrogens is 665 g/mol. The first-order valence-corrected chi connectivity index (χ1v) is 17.9. The van der Waals surface area contributed by atoms with Crippen molar-refractivity contribution in [2.45, 2.75) is 0 Å². The molecule has 11 aromatic rings. The van der Waals surface area contributed by atoms with Gasteiger partial charge in [0.05, 0.1) is 5.39 Å². The average molecular weight is 693 g/mol. The molecule has 0 aliphatic carbocycles. The molecule has 0 unspecified atom stereocenters. The molecular formula is C48H28N4O2. The van der Waals surface area contributed by atoms with Gasteiger partial charge in [-0.05, 0) is 75.1 Å². The van der Waals surface area contributed by atoms with Crippen LogP contribution in [0.15, 0.2) is 179 Å². The minimum atomic E-state index is 0.560. The van der Waals surface area contributed by atoms with E-state index in [4.69, 9.17) is 28.8 Å². The third-order valence-electron chi connectivity index (χ3n) is 10.1. The van der Waals surface area contributed by atoms with Gasteiger partial charge in [0.1, 0.15) is 16.7 Å². The second-order valence-electron chi connectivity index (χ2n) is 13.4. The Morgan fingerprint density at radius 1 is 0.333 bits per heavy atom. The molecule has 54 heavy (non-hydrogen) atoms. The van der Waals surface area contributed by atoms with Crippen molar-refractivity contribution in [2.75, 3.05) is 0 Å². The van der Waals surface area contributed by atoms with Crippen molar-refractivity contribution in [3.05, 3.63) is 170 Å². The first kappa shape index (κ1) is 30.2. The highest BCUT2D eigenvalue weighted by Crippen LogP contribution is 2.43. The van der Waals surface area contributed by atoms with Crippen molar-refractivity contribution in [3.8, 4) is 56.7 Å². The second-order valence-corrected chi connectivity index (χ2v) is 13.4. The maximum absolute atomic E-state index is 6.64. The van der Waals surface area contributed by atoms with Crippen LogP contribution in [0.1, 0.15) is 0 Å². The maximum Gasteiger partial charge on any atom is 0.227 e. The first-order chi connectivity index (χ1) is 26.7. The zero-order valence-corrected chi connectivity index (χ0v) is 28.8. The molecule has 0 aliphatic rings. The van der Waals surface area contributed by atoms with Crippen molar-refractivity contribution in [3.63, 3.8) is 0 Å². The molecule has 3 heterocycles. The van der Waals surface area contributed by atoms with E-state index in [9.17, 15) is 0 Å². The van der Waals surface area contributed by atoms with Gasteiger partial charge in [0.2, 0.25) is 5.89 Å². The number of rotatable bonds is 5. The van der Waals surface area contributed by atoms with Gasteiger partial charge in [-0.2, -0.15) is 0 Å².